The molecule has 0 bridgehead atoms. The van der Waals surface area contributed by atoms with Gasteiger partial charge in [0.25, 0.3) is 5.91 Å². The summed E-state index contributed by atoms with van der Waals surface area (Å²) in [5, 5.41) is 8.93. The lowest BCUT2D eigenvalue weighted by molar-refractivity contribution is -0.116. The fourth-order valence-electron chi connectivity index (χ4n) is 3.74. The van der Waals surface area contributed by atoms with Crippen molar-refractivity contribution in [1.82, 2.24) is 5.32 Å². The van der Waals surface area contributed by atoms with Gasteiger partial charge >= 0.3 is 0 Å². The number of hydrogen-bond donors (Lipinski definition) is 3. The molecule has 3 aromatic rings. The van der Waals surface area contributed by atoms with Crippen LogP contribution in [0.2, 0.25) is 5.02 Å². The maximum Gasteiger partial charge on any atom is 0.251 e. The molecule has 1 heterocycles. The Morgan fingerprint density at radius 1 is 0.971 bits per heavy atom. The van der Waals surface area contributed by atoms with Crippen molar-refractivity contribution in [2.75, 3.05) is 22.9 Å². The van der Waals surface area contributed by atoms with Crippen LogP contribution in [0.4, 0.5) is 11.4 Å². The fraction of sp³-hybridized carbons (Fsp3) is 0.200. The second-order valence-corrected chi connectivity index (χ2v) is 10.6. The molecule has 0 fully saturated rings. The van der Waals surface area contributed by atoms with Crippen molar-refractivity contribution >= 4 is 44.6 Å². The summed E-state index contributed by atoms with van der Waals surface area (Å²) in [6, 6.07) is 20.5. The number of rotatable bonds is 8. The first-order chi connectivity index (χ1) is 16.3. The second-order valence-electron chi connectivity index (χ2n) is 8.08. The molecular formula is C25H24ClN3O4S. The number of fused-ring (bicyclic) bond motifs is 1. The first kappa shape index (κ1) is 23.8. The monoisotopic (exact) mass is 497 g/mol. The highest BCUT2D eigenvalue weighted by Gasteiger charge is 2.31. The zero-order valence-electron chi connectivity index (χ0n) is 18.3. The number of amides is 2. The molecule has 1 aliphatic heterocycles. The first-order valence-corrected chi connectivity index (χ1v) is 13.0. The molecular weight excluding hydrogens is 474 g/mol. The molecule has 3 aromatic carbocycles. The Bertz CT molecular complexity index is 1310. The van der Waals surface area contributed by atoms with E-state index in [0.29, 0.717) is 40.5 Å². The Morgan fingerprint density at radius 3 is 2.47 bits per heavy atom. The van der Waals surface area contributed by atoms with Crippen molar-refractivity contribution < 1.29 is 18.0 Å². The van der Waals surface area contributed by atoms with Crippen LogP contribution in [0.1, 0.15) is 21.5 Å². The van der Waals surface area contributed by atoms with Crippen molar-refractivity contribution in [3.63, 3.8) is 0 Å². The number of carbonyl (C=O) groups excluding carboxylic acids is 2. The van der Waals surface area contributed by atoms with Crippen molar-refractivity contribution in [3.05, 3.63) is 94.5 Å². The van der Waals surface area contributed by atoms with Crippen LogP contribution in [0, 0.1) is 0 Å². The Hall–Kier alpha value is -3.36. The lowest BCUT2D eigenvalue weighted by Gasteiger charge is -2.27. The largest absolute Gasteiger partial charge is 0.371 e. The lowest BCUT2D eigenvalue weighted by Crippen LogP contribution is -2.43. The standard InChI is InChI=1S/C25H24ClN3O4S/c26-20-9-5-4-8-19(20)15-34(32,33)16-23-25(31)29-22-14-18(10-11-21(22)28-23)24(30)27-13-12-17-6-2-1-3-7-17/h1-11,14,23,28H,12-13,15-16H2,(H,27,30)(H,29,31)/t23-/m1/s1. The highest BCUT2D eigenvalue weighted by molar-refractivity contribution is 7.90. The third-order valence-corrected chi connectivity index (χ3v) is 7.44. The predicted octanol–water partition coefficient (Wildman–Crippen LogP) is 3.66. The molecule has 7 nitrogen and oxygen atoms in total. The van der Waals surface area contributed by atoms with E-state index in [9.17, 15) is 18.0 Å². The van der Waals surface area contributed by atoms with Crippen LogP contribution in [0.3, 0.4) is 0 Å². The molecule has 176 valence electrons. The highest BCUT2D eigenvalue weighted by Crippen LogP contribution is 2.29. The molecule has 0 saturated carbocycles. The minimum absolute atomic E-state index is 0.252. The topological polar surface area (TPSA) is 104 Å². The van der Waals surface area contributed by atoms with Gasteiger partial charge < -0.3 is 16.0 Å². The molecule has 0 unspecified atom stereocenters. The zero-order valence-corrected chi connectivity index (χ0v) is 19.8. The summed E-state index contributed by atoms with van der Waals surface area (Å²) < 4.78 is 25.4. The summed E-state index contributed by atoms with van der Waals surface area (Å²) >= 11 is 6.08. The number of carbonyl (C=O) groups is 2. The van der Waals surface area contributed by atoms with Crippen molar-refractivity contribution in [1.29, 1.82) is 0 Å². The Balaban J connectivity index is 1.38. The van der Waals surface area contributed by atoms with Gasteiger partial charge in [-0.15, -0.1) is 0 Å². The molecule has 0 saturated heterocycles. The molecule has 0 aliphatic carbocycles. The van der Waals surface area contributed by atoms with Crippen LogP contribution in [-0.4, -0.2) is 38.6 Å². The third kappa shape index (κ3) is 5.95. The average molecular weight is 498 g/mol. The molecule has 3 N–H and O–H groups in total. The minimum atomic E-state index is -3.62. The molecule has 34 heavy (non-hydrogen) atoms. The molecule has 1 atom stereocenters. The quantitative estimate of drug-likeness (QED) is 0.440. The van der Waals surface area contributed by atoms with Crippen LogP contribution in [0.15, 0.2) is 72.8 Å². The molecule has 0 radical (unpaired) electrons. The summed E-state index contributed by atoms with van der Waals surface area (Å²) in [4.78, 5) is 25.1. The summed E-state index contributed by atoms with van der Waals surface area (Å²) in [5.41, 5.74) is 3.00. The third-order valence-electron chi connectivity index (χ3n) is 5.48. The van der Waals surface area contributed by atoms with E-state index in [4.69, 9.17) is 11.6 Å². The minimum Gasteiger partial charge on any atom is -0.371 e. The molecule has 0 spiro atoms. The maximum atomic E-state index is 12.7. The van der Waals surface area contributed by atoms with Gasteiger partial charge in [-0.05, 0) is 41.8 Å². The van der Waals surface area contributed by atoms with Crippen molar-refractivity contribution in [3.8, 4) is 0 Å². The SMILES string of the molecule is O=C(NCCc1ccccc1)c1ccc2c(c1)NC(=O)[C@@H](CS(=O)(=O)Cc1ccccc1Cl)N2. The normalized spacial score (nSPS) is 15.1. The van der Waals surface area contributed by atoms with Gasteiger partial charge in [0.2, 0.25) is 5.91 Å². The Labute approximate surface area is 203 Å². The van der Waals surface area contributed by atoms with E-state index in [-0.39, 0.29) is 17.4 Å². The van der Waals surface area contributed by atoms with Gasteiger partial charge in [-0.2, -0.15) is 0 Å². The van der Waals surface area contributed by atoms with Gasteiger partial charge in [0, 0.05) is 17.1 Å². The average Bonchev–Trinajstić information content (AvgIpc) is 2.81. The van der Waals surface area contributed by atoms with Gasteiger partial charge in [-0.1, -0.05) is 60.1 Å². The number of hydrogen-bond acceptors (Lipinski definition) is 5. The van der Waals surface area contributed by atoms with Crippen LogP contribution < -0.4 is 16.0 Å². The van der Waals surface area contributed by atoms with E-state index in [1.54, 1.807) is 42.5 Å². The molecule has 4 rings (SSSR count). The van der Waals surface area contributed by atoms with Gasteiger partial charge in [0.05, 0.1) is 22.9 Å². The van der Waals surface area contributed by atoms with Crippen LogP contribution >= 0.6 is 11.6 Å². The van der Waals surface area contributed by atoms with E-state index in [1.807, 2.05) is 30.3 Å². The van der Waals surface area contributed by atoms with Gasteiger partial charge in [0.15, 0.2) is 9.84 Å². The van der Waals surface area contributed by atoms with Gasteiger partial charge in [-0.3, -0.25) is 9.59 Å². The molecule has 2 amide bonds. The number of anilines is 2. The second kappa shape index (κ2) is 10.3. The summed E-state index contributed by atoms with van der Waals surface area (Å²) in [7, 11) is -3.62. The molecule has 0 aromatic heterocycles. The number of sulfone groups is 1. The number of benzene rings is 3. The van der Waals surface area contributed by atoms with E-state index in [0.717, 1.165) is 5.56 Å². The molecule has 9 heteroatoms. The first-order valence-electron chi connectivity index (χ1n) is 10.8. The summed E-state index contributed by atoms with van der Waals surface area (Å²) in [6.45, 7) is 0.482. The smallest absolute Gasteiger partial charge is 0.251 e. The Morgan fingerprint density at radius 2 is 1.71 bits per heavy atom. The van der Waals surface area contributed by atoms with Gasteiger partial charge in [0.1, 0.15) is 6.04 Å². The summed E-state index contributed by atoms with van der Waals surface area (Å²) in [5.74, 6) is -1.37. The highest BCUT2D eigenvalue weighted by atomic mass is 35.5. The van der Waals surface area contributed by atoms with Gasteiger partial charge in [-0.25, -0.2) is 8.42 Å². The number of halogens is 1. The Kier molecular flexibility index (Phi) is 7.19. The van der Waals surface area contributed by atoms with Crippen molar-refractivity contribution in [2.24, 2.45) is 0 Å². The van der Waals surface area contributed by atoms with Crippen LogP contribution in [0.5, 0.6) is 0 Å². The van der Waals surface area contributed by atoms with E-state index < -0.39 is 21.8 Å². The number of nitrogens with one attached hydrogen (secondary N) is 3. The predicted molar refractivity (Wildman–Crippen MR) is 134 cm³/mol. The lowest BCUT2D eigenvalue weighted by atomic mass is 10.1. The van der Waals surface area contributed by atoms with E-state index in [1.165, 1.54) is 0 Å². The molecule has 1 aliphatic rings. The zero-order chi connectivity index (χ0) is 24.1. The van der Waals surface area contributed by atoms with E-state index in [2.05, 4.69) is 16.0 Å². The maximum absolute atomic E-state index is 12.7. The fourth-order valence-corrected chi connectivity index (χ4v) is 5.61. The van der Waals surface area contributed by atoms with Crippen LogP contribution in [0.25, 0.3) is 0 Å². The van der Waals surface area contributed by atoms with Crippen molar-refractivity contribution in [2.45, 2.75) is 18.2 Å². The summed E-state index contributed by atoms with van der Waals surface area (Å²) in [6.07, 6.45) is 0.708. The van der Waals surface area contributed by atoms with Crippen LogP contribution in [-0.2, 0) is 26.8 Å². The van der Waals surface area contributed by atoms with E-state index >= 15 is 0 Å².